The number of anilines is 1. The second kappa shape index (κ2) is 4.72. The van der Waals surface area contributed by atoms with Crippen LogP contribution in [0.5, 0.6) is 0 Å². The van der Waals surface area contributed by atoms with E-state index in [9.17, 15) is 0 Å². The molecule has 1 heterocycles. The number of nitrogens with zero attached hydrogens (tertiary/aromatic N) is 2. The molecule has 3 heteroatoms. The van der Waals surface area contributed by atoms with E-state index in [0.29, 0.717) is 11.5 Å². The van der Waals surface area contributed by atoms with Gasteiger partial charge >= 0.3 is 0 Å². The van der Waals surface area contributed by atoms with Crippen LogP contribution >= 0.6 is 0 Å². The Balaban J connectivity index is 1.73. The molecule has 2 aromatic rings. The van der Waals surface area contributed by atoms with Gasteiger partial charge < -0.3 is 5.32 Å². The van der Waals surface area contributed by atoms with Gasteiger partial charge in [0, 0.05) is 24.1 Å². The number of hydrogen-bond donors (Lipinski definition) is 1. The lowest BCUT2D eigenvalue weighted by molar-refractivity contribution is 0.350. The third-order valence-corrected chi connectivity index (χ3v) is 4.23. The summed E-state index contributed by atoms with van der Waals surface area (Å²) in [6.07, 6.45) is 7.68. The Kier molecular flexibility index (Phi) is 3.05. The Morgan fingerprint density at radius 3 is 2.63 bits per heavy atom. The molecule has 0 bridgehead atoms. The van der Waals surface area contributed by atoms with E-state index in [1.165, 1.54) is 24.9 Å². The number of rotatable bonds is 3. The SMILES string of the molecule is CC1(C)CCCC1Nc1ccc(-n2cccn2)cc1. The van der Waals surface area contributed by atoms with Crippen molar-refractivity contribution in [1.82, 2.24) is 9.78 Å². The number of nitrogens with one attached hydrogen (secondary N) is 1. The first kappa shape index (κ1) is 12.3. The normalized spacial score (nSPS) is 21.5. The summed E-state index contributed by atoms with van der Waals surface area (Å²) in [6.45, 7) is 4.71. The highest BCUT2D eigenvalue weighted by Gasteiger charge is 2.34. The maximum Gasteiger partial charge on any atom is 0.0647 e. The molecule has 1 aromatic heterocycles. The Morgan fingerprint density at radius 2 is 2.05 bits per heavy atom. The first-order valence-electron chi connectivity index (χ1n) is 7.02. The van der Waals surface area contributed by atoms with E-state index < -0.39 is 0 Å². The average molecular weight is 255 g/mol. The van der Waals surface area contributed by atoms with Gasteiger partial charge in [0.2, 0.25) is 0 Å². The zero-order chi connectivity index (χ0) is 13.3. The van der Waals surface area contributed by atoms with Crippen molar-refractivity contribution in [3.05, 3.63) is 42.7 Å². The molecular formula is C16H21N3. The largest absolute Gasteiger partial charge is 0.382 e. The highest BCUT2D eigenvalue weighted by molar-refractivity contribution is 5.49. The van der Waals surface area contributed by atoms with Gasteiger partial charge in [-0.05, 0) is 48.6 Å². The molecule has 19 heavy (non-hydrogen) atoms. The number of benzene rings is 1. The molecule has 1 aliphatic carbocycles. The van der Waals surface area contributed by atoms with E-state index in [0.717, 1.165) is 5.69 Å². The molecule has 0 amide bonds. The van der Waals surface area contributed by atoms with Crippen LogP contribution < -0.4 is 5.32 Å². The minimum atomic E-state index is 0.403. The summed E-state index contributed by atoms with van der Waals surface area (Å²) in [6, 6.07) is 11.0. The molecule has 0 aliphatic heterocycles. The van der Waals surface area contributed by atoms with Gasteiger partial charge in [-0.15, -0.1) is 0 Å². The molecule has 1 unspecified atom stereocenters. The molecular weight excluding hydrogens is 234 g/mol. The van der Waals surface area contributed by atoms with Gasteiger partial charge in [-0.25, -0.2) is 4.68 Å². The fourth-order valence-electron chi connectivity index (χ4n) is 2.93. The summed E-state index contributed by atoms with van der Waals surface area (Å²) in [5.74, 6) is 0. The molecule has 1 fully saturated rings. The molecule has 0 saturated heterocycles. The van der Waals surface area contributed by atoms with Gasteiger partial charge in [0.15, 0.2) is 0 Å². The molecule has 0 radical (unpaired) electrons. The van der Waals surface area contributed by atoms with E-state index in [1.807, 2.05) is 16.9 Å². The highest BCUT2D eigenvalue weighted by Crippen LogP contribution is 2.39. The van der Waals surface area contributed by atoms with Crippen molar-refractivity contribution in [2.24, 2.45) is 5.41 Å². The van der Waals surface area contributed by atoms with Crippen LogP contribution in [0, 0.1) is 5.41 Å². The van der Waals surface area contributed by atoms with Crippen LogP contribution in [-0.4, -0.2) is 15.8 Å². The molecule has 1 N–H and O–H groups in total. The van der Waals surface area contributed by atoms with Crippen molar-refractivity contribution in [1.29, 1.82) is 0 Å². The van der Waals surface area contributed by atoms with Gasteiger partial charge in [-0.3, -0.25) is 0 Å². The van der Waals surface area contributed by atoms with Crippen LogP contribution in [0.25, 0.3) is 5.69 Å². The van der Waals surface area contributed by atoms with Gasteiger partial charge in [0.05, 0.1) is 5.69 Å². The van der Waals surface area contributed by atoms with Crippen LogP contribution in [0.2, 0.25) is 0 Å². The molecule has 1 saturated carbocycles. The molecule has 3 nitrogen and oxygen atoms in total. The van der Waals surface area contributed by atoms with E-state index in [-0.39, 0.29) is 0 Å². The van der Waals surface area contributed by atoms with Crippen LogP contribution in [0.1, 0.15) is 33.1 Å². The molecule has 3 rings (SSSR count). The zero-order valence-corrected chi connectivity index (χ0v) is 11.6. The van der Waals surface area contributed by atoms with Gasteiger partial charge in [-0.1, -0.05) is 20.3 Å². The predicted molar refractivity (Wildman–Crippen MR) is 78.6 cm³/mol. The Morgan fingerprint density at radius 1 is 1.26 bits per heavy atom. The lowest BCUT2D eigenvalue weighted by Gasteiger charge is -2.28. The molecule has 0 spiro atoms. The lowest BCUT2D eigenvalue weighted by atomic mass is 9.87. The maximum atomic E-state index is 4.24. The van der Waals surface area contributed by atoms with E-state index in [1.54, 1.807) is 6.20 Å². The van der Waals surface area contributed by atoms with E-state index in [2.05, 4.69) is 48.5 Å². The first-order chi connectivity index (χ1) is 9.15. The van der Waals surface area contributed by atoms with Crippen molar-refractivity contribution in [2.75, 3.05) is 5.32 Å². The quantitative estimate of drug-likeness (QED) is 0.902. The smallest absolute Gasteiger partial charge is 0.0647 e. The van der Waals surface area contributed by atoms with Crippen LogP contribution in [0.4, 0.5) is 5.69 Å². The summed E-state index contributed by atoms with van der Waals surface area (Å²) in [7, 11) is 0. The van der Waals surface area contributed by atoms with Crippen LogP contribution in [-0.2, 0) is 0 Å². The number of aromatic nitrogens is 2. The highest BCUT2D eigenvalue weighted by atomic mass is 15.3. The van der Waals surface area contributed by atoms with Crippen molar-refractivity contribution in [3.8, 4) is 5.69 Å². The summed E-state index contributed by atoms with van der Waals surface area (Å²) in [5, 5.41) is 7.91. The molecule has 1 atom stereocenters. The number of hydrogen-bond acceptors (Lipinski definition) is 2. The lowest BCUT2D eigenvalue weighted by Crippen LogP contribution is -2.30. The minimum absolute atomic E-state index is 0.403. The minimum Gasteiger partial charge on any atom is -0.382 e. The van der Waals surface area contributed by atoms with Crippen molar-refractivity contribution in [3.63, 3.8) is 0 Å². The fraction of sp³-hybridized carbons (Fsp3) is 0.438. The predicted octanol–water partition coefficient (Wildman–Crippen LogP) is 3.86. The molecule has 1 aliphatic rings. The molecule has 1 aromatic carbocycles. The maximum absolute atomic E-state index is 4.24. The Hall–Kier alpha value is -1.77. The Bertz CT molecular complexity index is 526. The third-order valence-electron chi connectivity index (χ3n) is 4.23. The van der Waals surface area contributed by atoms with Crippen molar-refractivity contribution in [2.45, 2.75) is 39.2 Å². The van der Waals surface area contributed by atoms with Crippen molar-refractivity contribution < 1.29 is 0 Å². The molecule has 100 valence electrons. The summed E-state index contributed by atoms with van der Waals surface area (Å²) >= 11 is 0. The van der Waals surface area contributed by atoms with Crippen molar-refractivity contribution >= 4 is 5.69 Å². The summed E-state index contributed by atoms with van der Waals surface area (Å²) in [5.41, 5.74) is 2.71. The van der Waals surface area contributed by atoms with Crippen LogP contribution in [0.3, 0.4) is 0 Å². The first-order valence-corrected chi connectivity index (χ1v) is 7.02. The summed E-state index contributed by atoms with van der Waals surface area (Å²) < 4.78 is 1.88. The average Bonchev–Trinajstić information content (AvgIpc) is 3.01. The van der Waals surface area contributed by atoms with Gasteiger partial charge in [0.25, 0.3) is 0 Å². The second-order valence-electron chi connectivity index (χ2n) is 6.08. The van der Waals surface area contributed by atoms with E-state index >= 15 is 0 Å². The van der Waals surface area contributed by atoms with E-state index in [4.69, 9.17) is 0 Å². The third kappa shape index (κ3) is 2.50. The van der Waals surface area contributed by atoms with Gasteiger partial charge in [0.1, 0.15) is 0 Å². The Labute approximate surface area is 114 Å². The fourth-order valence-corrected chi connectivity index (χ4v) is 2.93. The monoisotopic (exact) mass is 255 g/mol. The standard InChI is InChI=1S/C16H21N3/c1-16(2)10-3-5-15(16)18-13-6-8-14(9-7-13)19-12-4-11-17-19/h4,6-9,11-12,15,18H,3,5,10H2,1-2H3. The summed E-state index contributed by atoms with van der Waals surface area (Å²) in [4.78, 5) is 0. The topological polar surface area (TPSA) is 29.9 Å². The van der Waals surface area contributed by atoms with Gasteiger partial charge in [-0.2, -0.15) is 5.10 Å². The second-order valence-corrected chi connectivity index (χ2v) is 6.08. The zero-order valence-electron chi connectivity index (χ0n) is 11.6. The van der Waals surface area contributed by atoms with Crippen LogP contribution in [0.15, 0.2) is 42.7 Å².